The van der Waals surface area contributed by atoms with Crippen LogP contribution in [0.4, 0.5) is 0 Å². The zero-order valence-electron chi connectivity index (χ0n) is 23.7. The van der Waals surface area contributed by atoms with Gasteiger partial charge in [-0.1, -0.05) is 12.1 Å². The van der Waals surface area contributed by atoms with E-state index in [1.165, 1.54) is 0 Å². The summed E-state index contributed by atoms with van der Waals surface area (Å²) in [6, 6.07) is 12.9. The Balaban J connectivity index is 1.42. The molecule has 11 nitrogen and oxygen atoms in total. The maximum absolute atomic E-state index is 13.3. The minimum Gasteiger partial charge on any atom is -0.366 e. The van der Waals surface area contributed by atoms with Gasteiger partial charge < -0.3 is 26.7 Å². The van der Waals surface area contributed by atoms with E-state index in [1.807, 2.05) is 38.1 Å². The third-order valence-corrected chi connectivity index (χ3v) is 9.12. The molecule has 42 heavy (non-hydrogen) atoms. The number of piperidine rings is 1. The van der Waals surface area contributed by atoms with E-state index in [1.54, 1.807) is 17.0 Å². The normalized spacial score (nSPS) is 22.2. The van der Waals surface area contributed by atoms with Crippen molar-refractivity contribution in [1.29, 1.82) is 5.26 Å². The molecule has 3 aromatic rings. The van der Waals surface area contributed by atoms with Crippen molar-refractivity contribution in [2.45, 2.75) is 69.5 Å². The van der Waals surface area contributed by atoms with Gasteiger partial charge in [0, 0.05) is 23.2 Å². The fraction of sp³-hybridized carbons (Fsp3) is 0.419. The fourth-order valence-electron chi connectivity index (χ4n) is 7.08. The molecule has 1 aromatic heterocycles. The van der Waals surface area contributed by atoms with E-state index < -0.39 is 17.2 Å². The van der Waals surface area contributed by atoms with Crippen LogP contribution >= 0.6 is 0 Å². The van der Waals surface area contributed by atoms with E-state index in [0.717, 1.165) is 35.1 Å². The lowest BCUT2D eigenvalue weighted by Gasteiger charge is -2.37. The second-order valence-corrected chi connectivity index (χ2v) is 11.9. The van der Waals surface area contributed by atoms with E-state index in [-0.39, 0.29) is 30.6 Å². The van der Waals surface area contributed by atoms with Gasteiger partial charge in [-0.3, -0.25) is 14.4 Å². The number of hydrogen-bond acceptors (Lipinski definition) is 7. The van der Waals surface area contributed by atoms with Crippen LogP contribution in [0.15, 0.2) is 36.4 Å². The molecule has 0 unspecified atom stereocenters. The van der Waals surface area contributed by atoms with Gasteiger partial charge in [-0.15, -0.1) is 10.2 Å². The number of amides is 3. The Morgan fingerprint density at radius 2 is 1.69 bits per heavy atom. The van der Waals surface area contributed by atoms with Crippen LogP contribution in [0.2, 0.25) is 0 Å². The Kier molecular flexibility index (Phi) is 6.81. The zero-order chi connectivity index (χ0) is 29.8. The molecule has 2 fully saturated rings. The predicted octanol–water partition coefficient (Wildman–Crippen LogP) is 1.63. The molecule has 2 heterocycles. The van der Waals surface area contributed by atoms with Crippen molar-refractivity contribution < 1.29 is 14.4 Å². The van der Waals surface area contributed by atoms with Gasteiger partial charge in [0.25, 0.3) is 0 Å². The van der Waals surface area contributed by atoms with Crippen LogP contribution < -0.4 is 16.8 Å². The molecule has 2 aliphatic carbocycles. The molecule has 0 bridgehead atoms. The number of carbonyl (C=O) groups is 3. The van der Waals surface area contributed by atoms with Gasteiger partial charge in [0.05, 0.1) is 18.0 Å². The number of aryl methyl sites for hydroxylation is 3. The Bertz CT molecular complexity index is 1570. The maximum atomic E-state index is 13.3. The molecular formula is C31H34N8O3. The number of rotatable bonds is 8. The van der Waals surface area contributed by atoms with Gasteiger partial charge in [-0.05, 0) is 98.4 Å². The van der Waals surface area contributed by atoms with Gasteiger partial charge in [-0.2, -0.15) is 5.26 Å². The Morgan fingerprint density at radius 3 is 2.21 bits per heavy atom. The van der Waals surface area contributed by atoms with Crippen LogP contribution in [0.1, 0.15) is 80.8 Å². The molecule has 1 aliphatic heterocycles. The second-order valence-electron chi connectivity index (χ2n) is 11.9. The topological polar surface area (TPSA) is 184 Å². The van der Waals surface area contributed by atoms with E-state index >= 15 is 0 Å². The van der Waals surface area contributed by atoms with Crippen molar-refractivity contribution >= 4 is 17.7 Å². The number of aromatic amines is 1. The highest BCUT2D eigenvalue weighted by atomic mass is 16.2. The largest absolute Gasteiger partial charge is 0.366 e. The summed E-state index contributed by atoms with van der Waals surface area (Å²) in [5, 5.41) is 21.9. The molecule has 11 heteroatoms. The van der Waals surface area contributed by atoms with Gasteiger partial charge >= 0.3 is 0 Å². The first-order valence-electron chi connectivity index (χ1n) is 14.3. The lowest BCUT2D eigenvalue weighted by atomic mass is 9.67. The summed E-state index contributed by atoms with van der Waals surface area (Å²) >= 11 is 0. The Hall–Kier alpha value is -4.56. The summed E-state index contributed by atoms with van der Waals surface area (Å²) in [6.07, 6.45) is 3.42. The standard InChI is InChI=1S/C31H34N8O3/c1-16(35-15-27(40)39-23(14-32)11-22-12-26(22)39)13-31(30-36-17(2)37-38-30)24-7-5-20(28(33)41)9-18(24)3-4-19-10-21(29(34)42)6-8-25(19)31/h5-10,16,22-23,26,35H,3-4,11-13,15H2,1-2H3,(H2,33,41)(H2,34,42)(H,36,37,38)/t16-,22-,23+,26+/m1/s1. The molecule has 1 saturated carbocycles. The molecule has 3 aliphatic rings. The first kappa shape index (κ1) is 27.6. The van der Waals surface area contributed by atoms with Crippen molar-refractivity contribution in [1.82, 2.24) is 25.4 Å². The Morgan fingerprint density at radius 1 is 1.07 bits per heavy atom. The third kappa shape index (κ3) is 4.61. The number of nitrogens with zero attached hydrogens (tertiary/aromatic N) is 4. The maximum Gasteiger partial charge on any atom is 0.248 e. The number of likely N-dealkylation sites (tertiary alicyclic amines) is 1. The average Bonchev–Trinajstić information content (AvgIpc) is 3.46. The first-order chi connectivity index (χ1) is 20.1. The summed E-state index contributed by atoms with van der Waals surface area (Å²) in [6.45, 7) is 3.96. The summed E-state index contributed by atoms with van der Waals surface area (Å²) < 4.78 is 0. The van der Waals surface area contributed by atoms with E-state index in [9.17, 15) is 19.6 Å². The van der Waals surface area contributed by atoms with Crippen LogP contribution in [0, 0.1) is 24.2 Å². The second kappa shape index (κ2) is 10.4. The van der Waals surface area contributed by atoms with Crippen molar-refractivity contribution in [2.75, 3.05) is 6.54 Å². The van der Waals surface area contributed by atoms with Crippen molar-refractivity contribution in [3.63, 3.8) is 0 Å². The number of H-pyrrole nitrogens is 1. The highest BCUT2D eigenvalue weighted by Gasteiger charge is 2.54. The molecule has 6 rings (SSSR count). The fourth-order valence-corrected chi connectivity index (χ4v) is 7.08. The van der Waals surface area contributed by atoms with Gasteiger partial charge in [0.2, 0.25) is 17.7 Å². The first-order valence-corrected chi connectivity index (χ1v) is 14.3. The lowest BCUT2D eigenvalue weighted by molar-refractivity contribution is -0.131. The summed E-state index contributed by atoms with van der Waals surface area (Å²) in [5.74, 6) is 0.616. The summed E-state index contributed by atoms with van der Waals surface area (Å²) in [7, 11) is 0. The number of benzene rings is 2. The highest BCUT2D eigenvalue weighted by Crippen LogP contribution is 2.48. The van der Waals surface area contributed by atoms with E-state index in [0.29, 0.717) is 48.0 Å². The quantitative estimate of drug-likeness (QED) is 0.319. The number of nitrogens with one attached hydrogen (secondary N) is 2. The molecule has 216 valence electrons. The number of nitrogens with two attached hydrogens (primary N) is 2. The number of primary amides is 2. The van der Waals surface area contributed by atoms with Crippen molar-refractivity contribution in [3.8, 4) is 6.07 Å². The third-order valence-electron chi connectivity index (χ3n) is 9.12. The van der Waals surface area contributed by atoms with Crippen LogP contribution in [0.25, 0.3) is 0 Å². The van der Waals surface area contributed by atoms with Crippen molar-refractivity contribution in [2.24, 2.45) is 17.4 Å². The predicted molar refractivity (Wildman–Crippen MR) is 153 cm³/mol. The lowest BCUT2D eigenvalue weighted by Crippen LogP contribution is -2.46. The number of fused-ring (bicyclic) bond motifs is 3. The van der Waals surface area contributed by atoms with Crippen LogP contribution in [0.3, 0.4) is 0 Å². The highest BCUT2D eigenvalue weighted by molar-refractivity contribution is 5.94. The molecule has 2 aromatic carbocycles. The zero-order valence-corrected chi connectivity index (χ0v) is 23.7. The van der Waals surface area contributed by atoms with E-state index in [4.69, 9.17) is 11.5 Å². The number of nitriles is 1. The van der Waals surface area contributed by atoms with Gasteiger partial charge in [0.15, 0.2) is 0 Å². The minimum absolute atomic E-state index is 0.0678. The molecule has 6 N–H and O–H groups in total. The smallest absolute Gasteiger partial charge is 0.248 e. The van der Waals surface area contributed by atoms with Gasteiger partial charge in [0.1, 0.15) is 17.7 Å². The SMILES string of the molecule is Cc1nnc(C2(C[C@@H](C)NCC(=O)N3[C@H](C#N)C[C@@H]4C[C@@H]43)c3ccc(C(N)=O)cc3CCc3cc(C(N)=O)ccc32)[nH]1. The van der Waals surface area contributed by atoms with E-state index in [2.05, 4.69) is 26.6 Å². The average molecular weight is 567 g/mol. The monoisotopic (exact) mass is 566 g/mol. The minimum atomic E-state index is -0.866. The molecule has 1 saturated heterocycles. The molecule has 0 radical (unpaired) electrons. The molecule has 4 atom stereocenters. The molecular weight excluding hydrogens is 532 g/mol. The summed E-state index contributed by atoms with van der Waals surface area (Å²) in [4.78, 5) is 42.6. The molecule has 3 amide bonds. The number of aromatic nitrogens is 3. The number of hydrogen-bond donors (Lipinski definition) is 4. The summed E-state index contributed by atoms with van der Waals surface area (Å²) in [5.41, 5.74) is 15.0. The number of carbonyl (C=O) groups excluding carboxylic acids is 3. The van der Waals surface area contributed by atoms with Crippen LogP contribution in [0.5, 0.6) is 0 Å². The van der Waals surface area contributed by atoms with Crippen LogP contribution in [-0.4, -0.2) is 62.5 Å². The Labute approximate surface area is 243 Å². The van der Waals surface area contributed by atoms with Crippen molar-refractivity contribution in [3.05, 3.63) is 81.4 Å². The molecule has 0 spiro atoms. The van der Waals surface area contributed by atoms with Gasteiger partial charge in [-0.25, -0.2) is 0 Å². The van der Waals surface area contributed by atoms with Crippen LogP contribution in [-0.2, 0) is 23.1 Å².